The second-order valence-corrected chi connectivity index (χ2v) is 5.63. The molecule has 2 N–H and O–H groups in total. The van der Waals surface area contributed by atoms with Gasteiger partial charge in [-0.05, 0) is 30.5 Å². The Bertz CT molecular complexity index is 480. The number of carboxylic acids is 1. The van der Waals surface area contributed by atoms with E-state index in [9.17, 15) is 9.59 Å². The third kappa shape index (κ3) is 3.97. The summed E-state index contributed by atoms with van der Waals surface area (Å²) in [6.45, 7) is 0. The summed E-state index contributed by atoms with van der Waals surface area (Å²) in [5.74, 6) is -0.945. The summed E-state index contributed by atoms with van der Waals surface area (Å²) in [4.78, 5) is 23.1. The van der Waals surface area contributed by atoms with Gasteiger partial charge in [0.2, 0.25) is 5.91 Å². The summed E-state index contributed by atoms with van der Waals surface area (Å²) in [6, 6.07) is 6.41. The molecule has 1 fully saturated rings. The van der Waals surface area contributed by atoms with Gasteiger partial charge < -0.3 is 10.4 Å². The van der Waals surface area contributed by atoms with E-state index in [1.807, 2.05) is 0 Å². The Morgan fingerprint density at radius 2 is 1.85 bits per heavy atom. The van der Waals surface area contributed by atoms with Gasteiger partial charge in [0.1, 0.15) is 0 Å². The summed E-state index contributed by atoms with van der Waals surface area (Å²) < 4.78 is 0. The molecule has 1 saturated carbocycles. The molecule has 0 spiro atoms. The Labute approximate surface area is 123 Å². The molecule has 1 aliphatic rings. The van der Waals surface area contributed by atoms with Gasteiger partial charge in [-0.1, -0.05) is 36.6 Å². The van der Waals surface area contributed by atoms with Crippen LogP contribution in [0, 0.1) is 5.92 Å². The molecule has 4 nitrogen and oxygen atoms in total. The Morgan fingerprint density at radius 1 is 1.25 bits per heavy atom. The fourth-order valence-corrected chi connectivity index (χ4v) is 2.73. The number of carbonyl (C=O) groups excluding carboxylic acids is 1. The molecular weight excluding hydrogens is 278 g/mol. The molecule has 0 heterocycles. The maximum Gasteiger partial charge on any atom is 0.305 e. The van der Waals surface area contributed by atoms with E-state index in [2.05, 4.69) is 5.32 Å². The third-order valence-electron chi connectivity index (χ3n) is 3.69. The Balaban J connectivity index is 2.08. The third-order valence-corrected chi connectivity index (χ3v) is 3.95. The highest BCUT2D eigenvalue weighted by Crippen LogP contribution is 2.26. The number of hydrogen-bond donors (Lipinski definition) is 2. The normalized spacial score (nSPS) is 16.9. The van der Waals surface area contributed by atoms with E-state index in [-0.39, 0.29) is 18.2 Å². The van der Waals surface area contributed by atoms with E-state index in [0.717, 1.165) is 31.2 Å². The van der Waals surface area contributed by atoms with Crippen LogP contribution in [0.25, 0.3) is 0 Å². The first-order valence-corrected chi connectivity index (χ1v) is 7.21. The fourth-order valence-electron chi connectivity index (χ4n) is 2.60. The molecule has 1 amide bonds. The van der Waals surface area contributed by atoms with Gasteiger partial charge in [-0.2, -0.15) is 0 Å². The number of benzene rings is 1. The SMILES string of the molecule is O=C(O)C[C@@H](NC(=O)C1CCCC1)c1ccc(Cl)cc1. The van der Waals surface area contributed by atoms with Crippen molar-refractivity contribution in [1.29, 1.82) is 0 Å². The summed E-state index contributed by atoms with van der Waals surface area (Å²) in [5.41, 5.74) is 0.767. The van der Waals surface area contributed by atoms with Crippen LogP contribution in [0.3, 0.4) is 0 Å². The zero-order chi connectivity index (χ0) is 14.5. The summed E-state index contributed by atoms with van der Waals surface area (Å²) in [7, 11) is 0. The highest BCUT2D eigenvalue weighted by atomic mass is 35.5. The minimum Gasteiger partial charge on any atom is -0.481 e. The lowest BCUT2D eigenvalue weighted by atomic mass is 10.0. The largest absolute Gasteiger partial charge is 0.481 e. The predicted molar refractivity (Wildman–Crippen MR) is 76.5 cm³/mol. The number of rotatable bonds is 5. The van der Waals surface area contributed by atoms with Crippen molar-refractivity contribution in [3.05, 3.63) is 34.9 Å². The smallest absolute Gasteiger partial charge is 0.305 e. The summed E-state index contributed by atoms with van der Waals surface area (Å²) in [5, 5.41) is 12.5. The van der Waals surface area contributed by atoms with E-state index in [1.54, 1.807) is 24.3 Å². The number of hydrogen-bond acceptors (Lipinski definition) is 2. The lowest BCUT2D eigenvalue weighted by Gasteiger charge is -2.20. The first kappa shape index (κ1) is 14.9. The van der Waals surface area contributed by atoms with Gasteiger partial charge in [-0.25, -0.2) is 0 Å². The quantitative estimate of drug-likeness (QED) is 0.877. The molecule has 1 aliphatic carbocycles. The standard InChI is InChI=1S/C15H18ClNO3/c16-12-7-5-10(6-8-12)13(9-14(18)19)17-15(20)11-3-1-2-4-11/h5-8,11,13H,1-4,9H2,(H,17,20)(H,18,19)/t13-/m1/s1. The number of aliphatic carboxylic acids is 1. The van der Waals surface area contributed by atoms with Gasteiger partial charge in [0.05, 0.1) is 12.5 Å². The van der Waals surface area contributed by atoms with E-state index in [0.29, 0.717) is 5.02 Å². The van der Waals surface area contributed by atoms with Gasteiger partial charge in [0.15, 0.2) is 0 Å². The van der Waals surface area contributed by atoms with Crippen molar-refractivity contribution in [3.8, 4) is 0 Å². The molecule has 20 heavy (non-hydrogen) atoms. The predicted octanol–water partition coefficient (Wildman–Crippen LogP) is 3.16. The summed E-state index contributed by atoms with van der Waals surface area (Å²) in [6.07, 6.45) is 3.81. The number of carbonyl (C=O) groups is 2. The van der Waals surface area contributed by atoms with Crippen LogP contribution in [0.4, 0.5) is 0 Å². The molecule has 0 unspecified atom stereocenters. The van der Waals surface area contributed by atoms with Crippen molar-refractivity contribution in [2.45, 2.75) is 38.1 Å². The lowest BCUT2D eigenvalue weighted by molar-refractivity contribution is -0.137. The van der Waals surface area contributed by atoms with Crippen molar-refractivity contribution in [2.75, 3.05) is 0 Å². The number of halogens is 1. The molecule has 0 bridgehead atoms. The minimum atomic E-state index is -0.934. The Kier molecular flexibility index (Phi) is 5.01. The average Bonchev–Trinajstić information content (AvgIpc) is 2.92. The summed E-state index contributed by atoms with van der Waals surface area (Å²) >= 11 is 5.83. The molecule has 0 aliphatic heterocycles. The highest BCUT2D eigenvalue weighted by molar-refractivity contribution is 6.30. The van der Waals surface area contributed by atoms with Crippen LogP contribution in [-0.2, 0) is 9.59 Å². The Morgan fingerprint density at radius 3 is 2.40 bits per heavy atom. The van der Waals surface area contributed by atoms with Crippen LogP contribution in [0.2, 0.25) is 5.02 Å². The molecule has 0 aromatic heterocycles. The van der Waals surface area contributed by atoms with Crippen LogP contribution < -0.4 is 5.32 Å². The van der Waals surface area contributed by atoms with Crippen molar-refractivity contribution in [3.63, 3.8) is 0 Å². The zero-order valence-electron chi connectivity index (χ0n) is 11.1. The minimum absolute atomic E-state index is 0.0265. The average molecular weight is 296 g/mol. The second-order valence-electron chi connectivity index (χ2n) is 5.19. The maximum absolute atomic E-state index is 12.1. The van der Waals surface area contributed by atoms with Crippen molar-refractivity contribution in [2.24, 2.45) is 5.92 Å². The first-order chi connectivity index (χ1) is 9.56. The zero-order valence-corrected chi connectivity index (χ0v) is 11.9. The van der Waals surface area contributed by atoms with Crippen LogP contribution in [-0.4, -0.2) is 17.0 Å². The molecule has 1 aromatic carbocycles. The molecule has 1 aromatic rings. The molecule has 2 rings (SSSR count). The fraction of sp³-hybridized carbons (Fsp3) is 0.467. The van der Waals surface area contributed by atoms with Crippen LogP contribution in [0.5, 0.6) is 0 Å². The topological polar surface area (TPSA) is 66.4 Å². The van der Waals surface area contributed by atoms with Gasteiger partial charge >= 0.3 is 5.97 Å². The number of carboxylic acid groups (broad SMARTS) is 1. The molecule has 108 valence electrons. The monoisotopic (exact) mass is 295 g/mol. The van der Waals surface area contributed by atoms with E-state index >= 15 is 0 Å². The molecular formula is C15H18ClNO3. The molecule has 0 radical (unpaired) electrons. The van der Waals surface area contributed by atoms with Gasteiger partial charge in [-0.3, -0.25) is 9.59 Å². The number of nitrogens with one attached hydrogen (secondary N) is 1. The maximum atomic E-state index is 12.1. The molecule has 1 atom stereocenters. The van der Waals surface area contributed by atoms with Crippen molar-refractivity contribution < 1.29 is 14.7 Å². The lowest BCUT2D eigenvalue weighted by Crippen LogP contribution is -2.34. The van der Waals surface area contributed by atoms with Gasteiger partial charge in [0.25, 0.3) is 0 Å². The van der Waals surface area contributed by atoms with Crippen molar-refractivity contribution in [1.82, 2.24) is 5.32 Å². The molecule has 5 heteroatoms. The first-order valence-electron chi connectivity index (χ1n) is 6.84. The van der Waals surface area contributed by atoms with Gasteiger partial charge in [0, 0.05) is 10.9 Å². The second kappa shape index (κ2) is 6.75. The number of amides is 1. The van der Waals surface area contributed by atoms with E-state index in [4.69, 9.17) is 16.7 Å². The highest BCUT2D eigenvalue weighted by Gasteiger charge is 2.26. The van der Waals surface area contributed by atoms with E-state index in [1.165, 1.54) is 0 Å². The van der Waals surface area contributed by atoms with Gasteiger partial charge in [-0.15, -0.1) is 0 Å². The Hall–Kier alpha value is -1.55. The molecule has 0 saturated heterocycles. The van der Waals surface area contributed by atoms with Crippen LogP contribution >= 0.6 is 11.6 Å². The van der Waals surface area contributed by atoms with E-state index < -0.39 is 12.0 Å². The van der Waals surface area contributed by atoms with Crippen molar-refractivity contribution >= 4 is 23.5 Å². The van der Waals surface area contributed by atoms with Crippen LogP contribution in [0.15, 0.2) is 24.3 Å². The van der Waals surface area contributed by atoms with Crippen LogP contribution in [0.1, 0.15) is 43.7 Å².